The van der Waals surface area contributed by atoms with Crippen LogP contribution in [0.2, 0.25) is 5.02 Å². The Hall–Kier alpha value is -2.61. The predicted octanol–water partition coefficient (Wildman–Crippen LogP) is 4.39. The van der Waals surface area contributed by atoms with Crippen molar-refractivity contribution in [2.45, 2.75) is 12.7 Å². The number of benzene rings is 2. The lowest BCUT2D eigenvalue weighted by atomic mass is 10.2. The molecule has 0 radical (unpaired) electrons. The summed E-state index contributed by atoms with van der Waals surface area (Å²) in [4.78, 5) is 11.8. The number of hydrogen-bond acceptors (Lipinski definition) is 3. The molecule has 2 aromatic carbocycles. The van der Waals surface area contributed by atoms with E-state index >= 15 is 0 Å². The minimum Gasteiger partial charge on any atom is -0.504 e. The van der Waals surface area contributed by atoms with E-state index in [1.807, 2.05) is 0 Å². The highest BCUT2D eigenvalue weighted by Crippen LogP contribution is 2.36. The maximum absolute atomic E-state index is 12.8. The van der Waals surface area contributed by atoms with Crippen LogP contribution in [-0.4, -0.2) is 18.2 Å². The molecule has 0 unspecified atom stereocenters. The first-order valence-electron chi connectivity index (χ1n) is 6.98. The molecule has 9 heteroatoms. The lowest BCUT2D eigenvalue weighted by Gasteiger charge is -2.12. The zero-order valence-electron chi connectivity index (χ0n) is 12.9. The molecule has 2 amide bonds. The van der Waals surface area contributed by atoms with Crippen LogP contribution in [0.4, 0.5) is 23.7 Å². The molecule has 25 heavy (non-hydrogen) atoms. The van der Waals surface area contributed by atoms with Crippen molar-refractivity contribution in [1.29, 1.82) is 0 Å². The molecule has 134 valence electrons. The Morgan fingerprint density at radius 2 is 1.96 bits per heavy atom. The van der Waals surface area contributed by atoms with Gasteiger partial charge in [-0.25, -0.2) is 4.79 Å². The summed E-state index contributed by atoms with van der Waals surface area (Å²) in [6.45, 7) is 0.0855. The van der Waals surface area contributed by atoms with Crippen molar-refractivity contribution in [1.82, 2.24) is 5.32 Å². The normalized spacial score (nSPS) is 11.1. The number of amides is 2. The van der Waals surface area contributed by atoms with Crippen LogP contribution in [0.3, 0.4) is 0 Å². The minimum absolute atomic E-state index is 0.0440. The number of hydrogen-bond donors (Lipinski definition) is 3. The number of carbonyl (C=O) groups excluding carboxylic acids is 1. The van der Waals surface area contributed by atoms with E-state index in [0.717, 1.165) is 12.1 Å². The van der Waals surface area contributed by atoms with E-state index in [1.165, 1.54) is 25.3 Å². The summed E-state index contributed by atoms with van der Waals surface area (Å²) >= 11 is 5.52. The van der Waals surface area contributed by atoms with Crippen molar-refractivity contribution in [3.05, 3.63) is 52.5 Å². The number of urea groups is 1. The highest BCUT2D eigenvalue weighted by molar-refractivity contribution is 6.31. The Balaban J connectivity index is 2.01. The van der Waals surface area contributed by atoms with Gasteiger partial charge in [0.15, 0.2) is 11.5 Å². The average Bonchev–Trinajstić information content (AvgIpc) is 2.55. The summed E-state index contributed by atoms with van der Waals surface area (Å²) in [7, 11) is 1.39. The summed E-state index contributed by atoms with van der Waals surface area (Å²) in [6.07, 6.45) is -4.62. The van der Waals surface area contributed by atoms with Crippen LogP contribution in [0.15, 0.2) is 36.4 Å². The number of methoxy groups -OCH3 is 1. The fraction of sp³-hybridized carbons (Fsp3) is 0.188. The van der Waals surface area contributed by atoms with Gasteiger partial charge >= 0.3 is 12.2 Å². The van der Waals surface area contributed by atoms with Crippen LogP contribution < -0.4 is 15.4 Å². The fourth-order valence-corrected chi connectivity index (χ4v) is 2.23. The molecule has 0 aromatic heterocycles. The summed E-state index contributed by atoms with van der Waals surface area (Å²) in [5, 5.41) is 13.8. The van der Waals surface area contributed by atoms with Crippen LogP contribution >= 0.6 is 11.6 Å². The van der Waals surface area contributed by atoms with Crippen LogP contribution in [-0.2, 0) is 12.7 Å². The standard InChI is InChI=1S/C16H14ClF3N2O3/c1-25-14-6-9(2-5-13(14)23)8-21-15(24)22-10-3-4-12(17)11(7-10)16(18,19)20/h2-7,23H,8H2,1H3,(H2,21,22,24). The number of alkyl halides is 3. The second kappa shape index (κ2) is 7.52. The van der Waals surface area contributed by atoms with Crippen LogP contribution in [0.1, 0.15) is 11.1 Å². The van der Waals surface area contributed by atoms with E-state index in [4.69, 9.17) is 16.3 Å². The van der Waals surface area contributed by atoms with Crippen LogP contribution in [0.25, 0.3) is 0 Å². The molecule has 5 nitrogen and oxygen atoms in total. The highest BCUT2D eigenvalue weighted by atomic mass is 35.5. The molecule has 0 aliphatic carbocycles. The number of carbonyl (C=O) groups is 1. The molecular weight excluding hydrogens is 361 g/mol. The van der Waals surface area contributed by atoms with Crippen LogP contribution in [0, 0.1) is 0 Å². The van der Waals surface area contributed by atoms with Gasteiger partial charge in [0, 0.05) is 12.2 Å². The van der Waals surface area contributed by atoms with Crippen molar-refractivity contribution in [2.24, 2.45) is 0 Å². The molecule has 3 N–H and O–H groups in total. The molecule has 2 rings (SSSR count). The van der Waals surface area contributed by atoms with E-state index in [0.29, 0.717) is 5.56 Å². The number of ether oxygens (including phenoxy) is 1. The van der Waals surface area contributed by atoms with Gasteiger partial charge in [0.1, 0.15) is 0 Å². The van der Waals surface area contributed by atoms with E-state index in [2.05, 4.69) is 10.6 Å². The third kappa shape index (κ3) is 4.93. The SMILES string of the molecule is COc1cc(CNC(=O)Nc2ccc(Cl)c(C(F)(F)F)c2)ccc1O. The second-order valence-electron chi connectivity index (χ2n) is 5.01. The molecule has 0 saturated heterocycles. The van der Waals surface area contributed by atoms with Crippen molar-refractivity contribution in [3.8, 4) is 11.5 Å². The second-order valence-corrected chi connectivity index (χ2v) is 5.41. The largest absolute Gasteiger partial charge is 0.504 e. The van der Waals surface area contributed by atoms with Crippen molar-refractivity contribution in [3.63, 3.8) is 0 Å². The quantitative estimate of drug-likeness (QED) is 0.743. The number of phenolic OH excluding ortho intramolecular Hbond substituents is 1. The van der Waals surface area contributed by atoms with Gasteiger partial charge in [0.25, 0.3) is 0 Å². The van der Waals surface area contributed by atoms with Gasteiger partial charge < -0.3 is 20.5 Å². The molecule has 0 spiro atoms. The van der Waals surface area contributed by atoms with Gasteiger partial charge in [0.2, 0.25) is 0 Å². The lowest BCUT2D eigenvalue weighted by molar-refractivity contribution is -0.137. The first-order valence-corrected chi connectivity index (χ1v) is 7.36. The topological polar surface area (TPSA) is 70.6 Å². The Kier molecular flexibility index (Phi) is 5.63. The molecule has 0 aliphatic heterocycles. The molecule has 2 aromatic rings. The molecule has 0 aliphatic rings. The third-order valence-electron chi connectivity index (χ3n) is 3.23. The lowest BCUT2D eigenvalue weighted by Crippen LogP contribution is -2.28. The number of rotatable bonds is 4. The molecule has 0 bridgehead atoms. The van der Waals surface area contributed by atoms with E-state index in [1.54, 1.807) is 6.07 Å². The number of nitrogens with one attached hydrogen (secondary N) is 2. The molecule has 0 heterocycles. The zero-order valence-corrected chi connectivity index (χ0v) is 13.7. The maximum atomic E-state index is 12.8. The summed E-state index contributed by atoms with van der Waals surface area (Å²) in [5.41, 5.74) is -0.440. The number of anilines is 1. The van der Waals surface area contributed by atoms with Gasteiger partial charge in [0.05, 0.1) is 17.7 Å². The van der Waals surface area contributed by atoms with Gasteiger partial charge in [-0.15, -0.1) is 0 Å². The molecule has 0 saturated carbocycles. The molecule has 0 fully saturated rings. The number of halogens is 4. The fourth-order valence-electron chi connectivity index (χ4n) is 2.01. The third-order valence-corrected chi connectivity index (χ3v) is 3.56. The van der Waals surface area contributed by atoms with E-state index in [-0.39, 0.29) is 23.7 Å². The van der Waals surface area contributed by atoms with E-state index in [9.17, 15) is 23.1 Å². The van der Waals surface area contributed by atoms with Crippen LogP contribution in [0.5, 0.6) is 11.5 Å². The Morgan fingerprint density at radius 1 is 1.24 bits per heavy atom. The van der Waals surface area contributed by atoms with Gasteiger partial charge in [-0.2, -0.15) is 13.2 Å². The smallest absolute Gasteiger partial charge is 0.417 e. The van der Waals surface area contributed by atoms with Crippen molar-refractivity contribution in [2.75, 3.05) is 12.4 Å². The number of phenols is 1. The van der Waals surface area contributed by atoms with Gasteiger partial charge in [-0.1, -0.05) is 17.7 Å². The van der Waals surface area contributed by atoms with Crippen molar-refractivity contribution < 1.29 is 27.8 Å². The Bertz CT molecular complexity index is 782. The van der Waals surface area contributed by atoms with Gasteiger partial charge in [-0.05, 0) is 35.9 Å². The first kappa shape index (κ1) is 18.7. The average molecular weight is 375 g/mol. The Labute approximate surface area is 146 Å². The minimum atomic E-state index is -4.62. The molecule has 0 atom stereocenters. The monoisotopic (exact) mass is 374 g/mol. The Morgan fingerprint density at radius 3 is 2.60 bits per heavy atom. The zero-order chi connectivity index (χ0) is 18.6. The first-order chi connectivity index (χ1) is 11.7. The van der Waals surface area contributed by atoms with E-state index < -0.39 is 22.8 Å². The maximum Gasteiger partial charge on any atom is 0.417 e. The number of aromatic hydroxyl groups is 1. The summed E-state index contributed by atoms with van der Waals surface area (Å²) in [5.74, 6) is 0.198. The summed E-state index contributed by atoms with van der Waals surface area (Å²) < 4.78 is 43.3. The predicted molar refractivity (Wildman–Crippen MR) is 87.0 cm³/mol. The van der Waals surface area contributed by atoms with Crippen molar-refractivity contribution >= 4 is 23.3 Å². The highest BCUT2D eigenvalue weighted by Gasteiger charge is 2.33. The summed E-state index contributed by atoms with van der Waals surface area (Å²) in [6, 6.07) is 6.89. The molecular formula is C16H14ClF3N2O3. The van der Waals surface area contributed by atoms with Gasteiger partial charge in [-0.3, -0.25) is 0 Å².